The number of pyridine rings is 1. The van der Waals surface area contributed by atoms with Crippen LogP contribution in [0.25, 0.3) is 10.9 Å². The second kappa shape index (κ2) is 9.81. The number of piperazine rings is 1. The summed E-state index contributed by atoms with van der Waals surface area (Å²) in [6.07, 6.45) is -3.04. The maximum Gasteiger partial charge on any atom is 0.433 e. The van der Waals surface area contributed by atoms with E-state index in [0.717, 1.165) is 12.1 Å². The summed E-state index contributed by atoms with van der Waals surface area (Å²) in [6, 6.07) is 7.84. The fourth-order valence-electron chi connectivity index (χ4n) is 3.93. The lowest BCUT2D eigenvalue weighted by molar-refractivity contribution is -0.151. The van der Waals surface area contributed by atoms with E-state index < -0.39 is 23.4 Å². The molecule has 0 radical (unpaired) electrons. The van der Waals surface area contributed by atoms with Crippen molar-refractivity contribution in [2.24, 2.45) is 0 Å². The molecule has 2 aromatic heterocycles. The van der Waals surface area contributed by atoms with Gasteiger partial charge in [0.25, 0.3) is 11.8 Å². The second-order valence-corrected chi connectivity index (χ2v) is 9.19. The largest absolute Gasteiger partial charge is 0.433 e. The Morgan fingerprint density at radius 2 is 1.70 bits per heavy atom. The minimum absolute atomic E-state index is 0.0377. The molecule has 2 N–H and O–H groups in total. The number of anilines is 1. The maximum absolute atomic E-state index is 12.9. The summed E-state index contributed by atoms with van der Waals surface area (Å²) in [5, 5.41) is 17.4. The molecule has 1 saturated heterocycles. The van der Waals surface area contributed by atoms with Gasteiger partial charge in [-0.15, -0.1) is 0 Å². The molecule has 0 saturated carbocycles. The van der Waals surface area contributed by atoms with Crippen LogP contribution in [0.15, 0.2) is 42.6 Å². The Morgan fingerprint density at radius 1 is 1.03 bits per heavy atom. The lowest BCUT2D eigenvalue weighted by Crippen LogP contribution is -2.55. The van der Waals surface area contributed by atoms with Crippen LogP contribution in [0.4, 0.5) is 18.9 Å². The van der Waals surface area contributed by atoms with Crippen LogP contribution in [0.3, 0.4) is 0 Å². The van der Waals surface area contributed by atoms with Gasteiger partial charge in [0, 0.05) is 43.4 Å². The molecule has 3 amide bonds. The van der Waals surface area contributed by atoms with Crippen molar-refractivity contribution < 1.29 is 32.7 Å². The van der Waals surface area contributed by atoms with E-state index in [-0.39, 0.29) is 24.1 Å². The van der Waals surface area contributed by atoms with E-state index in [1.807, 2.05) is 0 Å². The monoisotopic (exact) mass is 518 g/mol. The molecule has 1 fully saturated rings. The molecule has 1 aliphatic heterocycles. The van der Waals surface area contributed by atoms with Crippen LogP contribution in [-0.2, 0) is 22.3 Å². The highest BCUT2D eigenvalue weighted by Crippen LogP contribution is 2.27. The average Bonchev–Trinajstić information content (AvgIpc) is 3.24. The van der Waals surface area contributed by atoms with Gasteiger partial charge in [-0.25, -0.2) is 4.98 Å². The predicted molar refractivity (Wildman–Crippen MR) is 126 cm³/mol. The summed E-state index contributed by atoms with van der Waals surface area (Å²) in [7, 11) is 0. The standard InChI is InChI=1S/C24H25F3N6O4/c1-23(2,37)22(36)32-10-8-31(9-11-32)20(34)14-33-13-15-12-16(6-7-17(15)30-33)28-21(35)18-4-3-5-19(29-18)24(25,26)27/h3-7,12-13,37H,8-11,14H2,1-2H3,(H,28,35). The first-order chi connectivity index (χ1) is 17.3. The SMILES string of the molecule is CC(C)(O)C(=O)N1CCN(C(=O)Cn2cc3cc(NC(=O)c4cccc(C(F)(F)F)n4)ccc3n2)CC1. The van der Waals surface area contributed by atoms with Crippen LogP contribution in [0.5, 0.6) is 0 Å². The van der Waals surface area contributed by atoms with Crippen molar-refractivity contribution in [1.29, 1.82) is 0 Å². The minimum atomic E-state index is -4.66. The highest BCUT2D eigenvalue weighted by atomic mass is 19.4. The summed E-state index contributed by atoms with van der Waals surface area (Å²) in [4.78, 5) is 43.9. The number of nitrogens with one attached hydrogen (secondary N) is 1. The number of aliphatic hydroxyl groups is 1. The van der Waals surface area contributed by atoms with Crippen molar-refractivity contribution >= 4 is 34.3 Å². The van der Waals surface area contributed by atoms with Crippen LogP contribution in [0.1, 0.15) is 30.0 Å². The number of rotatable bonds is 5. The highest BCUT2D eigenvalue weighted by Gasteiger charge is 2.33. The van der Waals surface area contributed by atoms with Crippen molar-refractivity contribution in [3.05, 3.63) is 54.0 Å². The number of alkyl halides is 3. The Kier molecular flexibility index (Phi) is 6.91. The lowest BCUT2D eigenvalue weighted by atomic mass is 10.1. The first-order valence-corrected chi connectivity index (χ1v) is 11.4. The molecule has 0 spiro atoms. The van der Waals surface area contributed by atoms with E-state index in [1.165, 1.54) is 29.5 Å². The van der Waals surface area contributed by atoms with Gasteiger partial charge in [-0.3, -0.25) is 19.1 Å². The third-order valence-corrected chi connectivity index (χ3v) is 5.82. The van der Waals surface area contributed by atoms with Gasteiger partial charge >= 0.3 is 6.18 Å². The molecule has 37 heavy (non-hydrogen) atoms. The molecule has 0 atom stereocenters. The molecule has 3 heterocycles. The van der Waals surface area contributed by atoms with Gasteiger partial charge in [0.15, 0.2) is 0 Å². The van der Waals surface area contributed by atoms with E-state index in [4.69, 9.17) is 0 Å². The van der Waals surface area contributed by atoms with E-state index >= 15 is 0 Å². The van der Waals surface area contributed by atoms with Crippen molar-refractivity contribution in [1.82, 2.24) is 24.6 Å². The van der Waals surface area contributed by atoms with Crippen molar-refractivity contribution in [3.63, 3.8) is 0 Å². The topological polar surface area (TPSA) is 121 Å². The number of halogens is 3. The number of hydrogen-bond acceptors (Lipinski definition) is 6. The van der Waals surface area contributed by atoms with Crippen molar-refractivity contribution in [3.8, 4) is 0 Å². The van der Waals surface area contributed by atoms with Gasteiger partial charge in [-0.2, -0.15) is 18.3 Å². The number of hydrogen-bond donors (Lipinski definition) is 2. The van der Waals surface area contributed by atoms with Gasteiger partial charge in [0.05, 0.1) is 5.52 Å². The zero-order valence-corrected chi connectivity index (χ0v) is 20.1. The van der Waals surface area contributed by atoms with Gasteiger partial charge in [0.1, 0.15) is 23.5 Å². The Balaban J connectivity index is 1.38. The molecule has 196 valence electrons. The number of fused-ring (bicyclic) bond motifs is 1. The lowest BCUT2D eigenvalue weighted by Gasteiger charge is -2.37. The summed E-state index contributed by atoms with van der Waals surface area (Å²) in [6.45, 7) is 4.12. The van der Waals surface area contributed by atoms with Gasteiger partial charge in [-0.1, -0.05) is 6.07 Å². The zero-order valence-electron chi connectivity index (χ0n) is 20.1. The van der Waals surface area contributed by atoms with Crippen LogP contribution in [-0.4, -0.2) is 79.2 Å². The van der Waals surface area contributed by atoms with E-state index in [0.29, 0.717) is 42.8 Å². The molecule has 0 unspecified atom stereocenters. The van der Waals surface area contributed by atoms with Gasteiger partial charge < -0.3 is 20.2 Å². The van der Waals surface area contributed by atoms with E-state index in [9.17, 15) is 32.7 Å². The molecule has 3 aromatic rings. The summed E-state index contributed by atoms with van der Waals surface area (Å²) < 4.78 is 40.1. The van der Waals surface area contributed by atoms with Crippen LogP contribution in [0, 0.1) is 0 Å². The van der Waals surface area contributed by atoms with Crippen molar-refractivity contribution in [2.45, 2.75) is 32.2 Å². The molecule has 13 heteroatoms. The van der Waals surface area contributed by atoms with Crippen molar-refractivity contribution in [2.75, 3.05) is 31.5 Å². The summed E-state index contributed by atoms with van der Waals surface area (Å²) in [5.74, 6) is -1.37. The summed E-state index contributed by atoms with van der Waals surface area (Å²) >= 11 is 0. The van der Waals surface area contributed by atoms with E-state index in [2.05, 4.69) is 15.4 Å². The molecule has 4 rings (SSSR count). The molecule has 1 aliphatic rings. The fourth-order valence-corrected chi connectivity index (χ4v) is 3.93. The Bertz CT molecular complexity index is 1340. The molecule has 0 aliphatic carbocycles. The number of carbonyl (C=O) groups is 3. The zero-order chi connectivity index (χ0) is 27.0. The molecular formula is C24H25F3N6O4. The first-order valence-electron chi connectivity index (χ1n) is 11.4. The molecule has 0 bridgehead atoms. The number of aromatic nitrogens is 3. The van der Waals surface area contributed by atoms with Crippen LogP contribution < -0.4 is 5.32 Å². The molecular weight excluding hydrogens is 493 g/mol. The van der Waals surface area contributed by atoms with Gasteiger partial charge in [-0.05, 0) is 44.2 Å². The Labute approximate surface area is 209 Å². The Morgan fingerprint density at radius 3 is 2.35 bits per heavy atom. The number of amides is 3. The molecule has 10 nitrogen and oxygen atoms in total. The highest BCUT2D eigenvalue weighted by molar-refractivity contribution is 6.03. The number of nitrogens with zero attached hydrogens (tertiary/aromatic N) is 5. The maximum atomic E-state index is 12.9. The number of benzene rings is 1. The predicted octanol–water partition coefficient (Wildman–Crippen LogP) is 2.14. The smallest absolute Gasteiger partial charge is 0.381 e. The minimum Gasteiger partial charge on any atom is -0.381 e. The van der Waals surface area contributed by atoms with E-state index in [1.54, 1.807) is 29.3 Å². The third kappa shape index (κ3) is 6.05. The molecule has 1 aromatic carbocycles. The quantitative estimate of drug-likeness (QED) is 0.534. The van der Waals surface area contributed by atoms with Crippen LogP contribution in [0.2, 0.25) is 0 Å². The average molecular weight is 518 g/mol. The van der Waals surface area contributed by atoms with Crippen LogP contribution >= 0.6 is 0 Å². The number of carbonyl (C=O) groups excluding carboxylic acids is 3. The second-order valence-electron chi connectivity index (χ2n) is 9.19. The Hall–Kier alpha value is -4.00. The fraction of sp³-hybridized carbons (Fsp3) is 0.375. The first kappa shape index (κ1) is 26.1. The summed E-state index contributed by atoms with van der Waals surface area (Å²) in [5.41, 5.74) is -2.12. The van der Waals surface area contributed by atoms with Gasteiger partial charge in [0.2, 0.25) is 5.91 Å². The third-order valence-electron chi connectivity index (χ3n) is 5.82. The normalized spacial score (nSPS) is 14.6.